The van der Waals surface area contributed by atoms with Crippen LogP contribution in [0.5, 0.6) is 5.75 Å². The average Bonchev–Trinajstić information content (AvgIpc) is 3.10. The number of H-pyrrole nitrogens is 1. The molecule has 0 aliphatic heterocycles. The van der Waals surface area contributed by atoms with Crippen LogP contribution in [-0.2, 0) is 6.42 Å². The van der Waals surface area contributed by atoms with Crippen molar-refractivity contribution in [1.29, 1.82) is 0 Å². The zero-order valence-corrected chi connectivity index (χ0v) is 17.5. The van der Waals surface area contributed by atoms with Gasteiger partial charge in [-0.15, -0.1) is 0 Å². The Morgan fingerprint density at radius 1 is 1.10 bits per heavy atom. The molecule has 5 rings (SSSR count). The molecule has 0 saturated carbocycles. The van der Waals surface area contributed by atoms with Gasteiger partial charge in [-0.25, -0.2) is 15.0 Å². The lowest BCUT2D eigenvalue weighted by atomic mass is 9.79. The second-order valence-corrected chi connectivity index (χ2v) is 7.85. The van der Waals surface area contributed by atoms with Crippen molar-refractivity contribution in [2.45, 2.75) is 32.6 Å². The summed E-state index contributed by atoms with van der Waals surface area (Å²) in [5.41, 5.74) is 3.80. The number of benzene rings is 1. The number of Topliss-reactive ketones (excluding diaryl/α,β-unsaturated/α-hetero) is 1. The Morgan fingerprint density at radius 3 is 2.58 bits per heavy atom. The molecule has 3 aromatic heterocycles. The Bertz CT molecular complexity index is 1380. The summed E-state index contributed by atoms with van der Waals surface area (Å²) in [6.45, 7) is 3.70. The van der Waals surface area contributed by atoms with Crippen molar-refractivity contribution in [3.63, 3.8) is 0 Å². The van der Waals surface area contributed by atoms with E-state index in [0.717, 1.165) is 22.7 Å². The summed E-state index contributed by atoms with van der Waals surface area (Å²) in [7, 11) is 1.62. The van der Waals surface area contributed by atoms with E-state index in [1.807, 2.05) is 44.2 Å². The van der Waals surface area contributed by atoms with E-state index in [2.05, 4.69) is 20.1 Å². The van der Waals surface area contributed by atoms with Gasteiger partial charge in [0.15, 0.2) is 11.4 Å². The standard InChI is InChI=1S/C23H21N5O3/c1-12-8-13(2)26-23(25-12)28-22(30)20-16-9-14(15-6-4-5-7-19(15)31-3)10-18(29)17(16)11-24-21(20)27-28/h4-8,11,14H,9-10H2,1-3H3,(H,24,27)/t14-/m1/s1. The van der Waals surface area contributed by atoms with Crippen LogP contribution in [0.2, 0.25) is 0 Å². The van der Waals surface area contributed by atoms with E-state index in [9.17, 15) is 9.59 Å². The Morgan fingerprint density at radius 2 is 1.84 bits per heavy atom. The SMILES string of the molecule is COc1ccccc1[C@H]1CC(=O)c2cnc3[nH]n(-c4nc(C)cc(C)n4)c(=O)c3c2C1. The van der Waals surface area contributed by atoms with Gasteiger partial charge in [-0.1, -0.05) is 18.2 Å². The maximum absolute atomic E-state index is 13.4. The first kappa shape index (κ1) is 19.2. The van der Waals surface area contributed by atoms with E-state index in [1.54, 1.807) is 13.3 Å². The molecule has 3 heterocycles. The van der Waals surface area contributed by atoms with Crippen LogP contribution in [-0.4, -0.2) is 37.6 Å². The van der Waals surface area contributed by atoms with Gasteiger partial charge in [0.25, 0.3) is 11.5 Å². The van der Waals surface area contributed by atoms with Gasteiger partial charge in [0.2, 0.25) is 0 Å². The van der Waals surface area contributed by atoms with Crippen LogP contribution in [0.1, 0.15) is 45.2 Å². The van der Waals surface area contributed by atoms with Crippen LogP contribution in [0, 0.1) is 13.8 Å². The average molecular weight is 415 g/mol. The molecule has 0 bridgehead atoms. The Hall–Kier alpha value is -3.81. The largest absolute Gasteiger partial charge is 0.496 e. The number of para-hydroxylation sites is 1. The van der Waals surface area contributed by atoms with Crippen molar-refractivity contribution >= 4 is 16.8 Å². The maximum atomic E-state index is 13.4. The highest BCUT2D eigenvalue weighted by atomic mass is 16.5. The van der Waals surface area contributed by atoms with Crippen molar-refractivity contribution < 1.29 is 9.53 Å². The first-order valence-electron chi connectivity index (χ1n) is 10.1. The van der Waals surface area contributed by atoms with Gasteiger partial charge in [0, 0.05) is 29.6 Å². The quantitative estimate of drug-likeness (QED) is 0.552. The number of ether oxygens (including phenoxy) is 1. The molecular weight excluding hydrogens is 394 g/mol. The van der Waals surface area contributed by atoms with Gasteiger partial charge >= 0.3 is 0 Å². The number of hydrogen-bond donors (Lipinski definition) is 1. The molecule has 1 aromatic carbocycles. The third-order valence-electron chi connectivity index (χ3n) is 5.75. The highest BCUT2D eigenvalue weighted by Crippen LogP contribution is 2.38. The van der Waals surface area contributed by atoms with Crippen LogP contribution in [0.15, 0.2) is 41.3 Å². The Labute approximate surface area is 177 Å². The highest BCUT2D eigenvalue weighted by molar-refractivity contribution is 6.02. The minimum atomic E-state index is -0.308. The Balaban J connectivity index is 1.68. The minimum absolute atomic E-state index is 0.0265. The van der Waals surface area contributed by atoms with Crippen molar-refractivity contribution in [2.24, 2.45) is 0 Å². The summed E-state index contributed by atoms with van der Waals surface area (Å²) in [6.07, 6.45) is 2.45. The zero-order chi connectivity index (χ0) is 21.7. The van der Waals surface area contributed by atoms with Crippen LogP contribution in [0.25, 0.3) is 17.0 Å². The highest BCUT2D eigenvalue weighted by Gasteiger charge is 2.31. The minimum Gasteiger partial charge on any atom is -0.496 e. The molecule has 1 N–H and O–H groups in total. The lowest BCUT2D eigenvalue weighted by Crippen LogP contribution is -2.23. The number of pyridine rings is 1. The van der Waals surface area contributed by atoms with Gasteiger partial charge in [0.05, 0.1) is 12.5 Å². The van der Waals surface area contributed by atoms with E-state index in [4.69, 9.17) is 4.74 Å². The molecule has 8 heteroatoms. The molecular formula is C23H21N5O3. The number of aromatic nitrogens is 5. The normalized spacial score (nSPS) is 15.8. The second-order valence-electron chi connectivity index (χ2n) is 7.85. The van der Waals surface area contributed by atoms with E-state index in [-0.39, 0.29) is 23.2 Å². The molecule has 0 saturated heterocycles. The van der Waals surface area contributed by atoms with Crippen molar-refractivity contribution in [2.75, 3.05) is 7.11 Å². The first-order valence-corrected chi connectivity index (χ1v) is 10.1. The Kier molecular flexibility index (Phi) is 4.43. The fourth-order valence-corrected chi connectivity index (χ4v) is 4.41. The van der Waals surface area contributed by atoms with E-state index >= 15 is 0 Å². The summed E-state index contributed by atoms with van der Waals surface area (Å²) < 4.78 is 6.81. The number of nitrogens with one attached hydrogen (secondary N) is 1. The molecule has 0 radical (unpaired) electrons. The van der Waals surface area contributed by atoms with Crippen LogP contribution >= 0.6 is 0 Å². The lowest BCUT2D eigenvalue weighted by molar-refractivity contribution is 0.0964. The lowest BCUT2D eigenvalue weighted by Gasteiger charge is -2.25. The van der Waals surface area contributed by atoms with E-state index in [0.29, 0.717) is 35.0 Å². The number of methoxy groups -OCH3 is 1. The molecule has 31 heavy (non-hydrogen) atoms. The smallest absolute Gasteiger partial charge is 0.283 e. The van der Waals surface area contributed by atoms with Crippen LogP contribution < -0.4 is 10.3 Å². The number of rotatable bonds is 3. The molecule has 4 aromatic rings. The van der Waals surface area contributed by atoms with Crippen molar-refractivity contribution in [1.82, 2.24) is 24.7 Å². The van der Waals surface area contributed by atoms with Crippen LogP contribution in [0.3, 0.4) is 0 Å². The number of nitrogens with zero attached hydrogens (tertiary/aromatic N) is 4. The van der Waals surface area contributed by atoms with E-state index < -0.39 is 0 Å². The predicted molar refractivity (Wildman–Crippen MR) is 115 cm³/mol. The molecule has 1 atom stereocenters. The van der Waals surface area contributed by atoms with E-state index in [1.165, 1.54) is 4.68 Å². The summed E-state index contributed by atoms with van der Waals surface area (Å²) in [4.78, 5) is 39.5. The van der Waals surface area contributed by atoms with Gasteiger partial charge in [-0.3, -0.25) is 14.7 Å². The molecule has 0 spiro atoms. The fraction of sp³-hybridized carbons (Fsp3) is 0.261. The zero-order valence-electron chi connectivity index (χ0n) is 17.5. The number of aromatic amines is 1. The summed E-state index contributed by atoms with van der Waals surface area (Å²) in [6, 6.07) is 9.53. The first-order chi connectivity index (χ1) is 15.0. The molecule has 0 unspecified atom stereocenters. The number of carbonyl (C=O) groups is 1. The number of fused-ring (bicyclic) bond motifs is 3. The van der Waals surface area contributed by atoms with Gasteiger partial charge in [-0.2, -0.15) is 4.68 Å². The van der Waals surface area contributed by atoms with Gasteiger partial charge in [-0.05, 0) is 49.4 Å². The monoisotopic (exact) mass is 415 g/mol. The fourth-order valence-electron chi connectivity index (χ4n) is 4.41. The third-order valence-corrected chi connectivity index (χ3v) is 5.75. The molecule has 8 nitrogen and oxygen atoms in total. The van der Waals surface area contributed by atoms with Gasteiger partial charge < -0.3 is 4.74 Å². The predicted octanol–water partition coefficient (Wildman–Crippen LogP) is 3.04. The second kappa shape index (κ2) is 7.16. The summed E-state index contributed by atoms with van der Waals surface area (Å²) in [5.74, 6) is 0.894. The number of aryl methyl sites for hydroxylation is 2. The number of hydrogen-bond acceptors (Lipinski definition) is 6. The molecule has 1 aliphatic carbocycles. The van der Waals surface area contributed by atoms with Crippen molar-refractivity contribution in [3.05, 3.63) is 75.0 Å². The topological polar surface area (TPSA) is 103 Å². The molecule has 0 amide bonds. The van der Waals surface area contributed by atoms with Gasteiger partial charge in [0.1, 0.15) is 5.75 Å². The maximum Gasteiger partial charge on any atom is 0.283 e. The molecule has 1 aliphatic rings. The summed E-state index contributed by atoms with van der Waals surface area (Å²) >= 11 is 0. The van der Waals surface area contributed by atoms with Crippen molar-refractivity contribution in [3.8, 4) is 11.7 Å². The number of ketones is 1. The number of carbonyl (C=O) groups excluding carboxylic acids is 1. The molecule has 0 fully saturated rings. The third kappa shape index (κ3) is 3.11. The van der Waals surface area contributed by atoms with Crippen LogP contribution in [0.4, 0.5) is 0 Å². The summed E-state index contributed by atoms with van der Waals surface area (Å²) in [5, 5.41) is 3.42. The molecule has 156 valence electrons.